The van der Waals surface area contributed by atoms with E-state index in [0.29, 0.717) is 24.4 Å². The number of anilines is 1. The summed E-state index contributed by atoms with van der Waals surface area (Å²) < 4.78 is 19.0. The molecule has 0 radical (unpaired) electrons. The van der Waals surface area contributed by atoms with Crippen molar-refractivity contribution in [1.29, 1.82) is 0 Å². The molecule has 2 aromatic carbocycles. The lowest BCUT2D eigenvalue weighted by atomic mass is 10.1. The van der Waals surface area contributed by atoms with Gasteiger partial charge in [-0.25, -0.2) is 4.39 Å². The summed E-state index contributed by atoms with van der Waals surface area (Å²) in [5.74, 6) is -0.0757. The second-order valence-electron chi connectivity index (χ2n) is 6.76. The minimum Gasteiger partial charge on any atom is -0.339 e. The van der Waals surface area contributed by atoms with E-state index in [1.165, 1.54) is 17.7 Å². The number of benzene rings is 2. The van der Waals surface area contributed by atoms with Crippen LogP contribution in [0.3, 0.4) is 0 Å². The van der Waals surface area contributed by atoms with Gasteiger partial charge in [-0.15, -0.1) is 0 Å². The number of aromatic nitrogens is 2. The minimum atomic E-state index is -0.544. The zero-order valence-electron chi connectivity index (χ0n) is 14.9. The fourth-order valence-corrected chi connectivity index (χ4v) is 3.29. The van der Waals surface area contributed by atoms with Gasteiger partial charge in [0.2, 0.25) is 17.6 Å². The fraction of sp³-hybridized carbons (Fsp3) is 0.250. The van der Waals surface area contributed by atoms with Crippen LogP contribution in [0.4, 0.5) is 10.1 Å². The van der Waals surface area contributed by atoms with Crippen LogP contribution in [0, 0.1) is 19.7 Å². The molecule has 0 aliphatic carbocycles. The van der Waals surface area contributed by atoms with Gasteiger partial charge < -0.3 is 9.42 Å². The van der Waals surface area contributed by atoms with E-state index in [-0.39, 0.29) is 22.7 Å². The number of halogens is 2. The van der Waals surface area contributed by atoms with E-state index in [1.807, 2.05) is 32.0 Å². The van der Waals surface area contributed by atoms with Crippen LogP contribution >= 0.6 is 11.6 Å². The second kappa shape index (κ2) is 6.78. The summed E-state index contributed by atoms with van der Waals surface area (Å²) >= 11 is 5.71. The van der Waals surface area contributed by atoms with E-state index >= 15 is 0 Å². The fourth-order valence-electron chi connectivity index (χ4n) is 3.17. The Balaban J connectivity index is 1.56. The summed E-state index contributed by atoms with van der Waals surface area (Å²) in [5, 5.41) is 3.96. The van der Waals surface area contributed by atoms with E-state index in [0.717, 1.165) is 11.3 Å². The Hall–Kier alpha value is -2.73. The molecule has 7 heteroatoms. The molecule has 1 aromatic heterocycles. The Morgan fingerprint density at radius 1 is 1.19 bits per heavy atom. The zero-order valence-corrected chi connectivity index (χ0v) is 15.6. The number of amides is 1. The number of carbonyl (C=O) groups excluding carboxylic acids is 1. The van der Waals surface area contributed by atoms with Crippen LogP contribution in [0.15, 0.2) is 40.9 Å². The molecule has 2 heterocycles. The topological polar surface area (TPSA) is 59.2 Å². The predicted molar refractivity (Wildman–Crippen MR) is 100 cm³/mol. The van der Waals surface area contributed by atoms with Crippen LogP contribution in [-0.4, -0.2) is 22.6 Å². The van der Waals surface area contributed by atoms with Gasteiger partial charge in [-0.1, -0.05) is 22.8 Å². The lowest BCUT2D eigenvalue weighted by Crippen LogP contribution is -2.24. The summed E-state index contributed by atoms with van der Waals surface area (Å²) in [7, 11) is 0. The highest BCUT2D eigenvalue weighted by molar-refractivity contribution is 6.30. The predicted octanol–water partition coefficient (Wildman–Crippen LogP) is 4.67. The third-order valence-corrected chi connectivity index (χ3v) is 5.20. The molecule has 1 saturated heterocycles. The Morgan fingerprint density at radius 3 is 2.74 bits per heavy atom. The maximum absolute atomic E-state index is 13.7. The van der Waals surface area contributed by atoms with Gasteiger partial charge in [0.15, 0.2) is 0 Å². The van der Waals surface area contributed by atoms with Crippen LogP contribution in [0.5, 0.6) is 0 Å². The first kappa shape index (κ1) is 17.7. The molecular weight excluding hydrogens is 369 g/mol. The molecule has 0 spiro atoms. The van der Waals surface area contributed by atoms with Crippen molar-refractivity contribution < 1.29 is 13.7 Å². The van der Waals surface area contributed by atoms with E-state index in [1.54, 1.807) is 11.0 Å². The standard InChI is InChI=1S/C20H17ClFN3O2/c1-11-3-5-15(7-12(11)2)25-10-14(9-18(25)26)20-23-19(24-27-20)13-4-6-16(21)17(22)8-13/h3-8,14H,9-10H2,1-2H3. The monoisotopic (exact) mass is 385 g/mol. The van der Waals surface area contributed by atoms with Crippen molar-refractivity contribution in [2.45, 2.75) is 26.2 Å². The first-order valence-corrected chi connectivity index (χ1v) is 8.97. The van der Waals surface area contributed by atoms with Gasteiger partial charge >= 0.3 is 0 Å². The summed E-state index contributed by atoms with van der Waals surface area (Å²) in [6.07, 6.45) is 0.295. The van der Waals surface area contributed by atoms with Gasteiger partial charge in [0, 0.05) is 24.2 Å². The number of aryl methyl sites for hydroxylation is 2. The van der Waals surface area contributed by atoms with E-state index in [9.17, 15) is 9.18 Å². The molecule has 4 rings (SSSR count). The number of hydrogen-bond donors (Lipinski definition) is 0. The molecule has 3 aromatic rings. The van der Waals surface area contributed by atoms with Gasteiger partial charge in [-0.3, -0.25) is 4.79 Å². The SMILES string of the molecule is Cc1ccc(N2CC(c3nc(-c4ccc(Cl)c(F)c4)no3)CC2=O)cc1C. The summed E-state index contributed by atoms with van der Waals surface area (Å²) in [4.78, 5) is 18.6. The largest absolute Gasteiger partial charge is 0.339 e. The molecule has 0 saturated carbocycles. The smallest absolute Gasteiger partial charge is 0.232 e. The normalized spacial score (nSPS) is 17.0. The van der Waals surface area contributed by atoms with Gasteiger partial charge in [-0.2, -0.15) is 4.98 Å². The van der Waals surface area contributed by atoms with Crippen molar-refractivity contribution in [3.05, 3.63) is 64.3 Å². The lowest BCUT2D eigenvalue weighted by Gasteiger charge is -2.17. The first-order valence-electron chi connectivity index (χ1n) is 8.59. The maximum atomic E-state index is 13.7. The number of hydrogen-bond acceptors (Lipinski definition) is 4. The van der Waals surface area contributed by atoms with Crippen molar-refractivity contribution in [2.75, 3.05) is 11.4 Å². The minimum absolute atomic E-state index is 0.0144. The average molecular weight is 386 g/mol. The van der Waals surface area contributed by atoms with Crippen LogP contribution in [0.1, 0.15) is 29.4 Å². The quantitative estimate of drug-likeness (QED) is 0.657. The molecule has 0 N–H and O–H groups in total. The van der Waals surface area contributed by atoms with Crippen molar-refractivity contribution in [1.82, 2.24) is 10.1 Å². The zero-order chi connectivity index (χ0) is 19.1. The van der Waals surface area contributed by atoms with E-state index in [2.05, 4.69) is 10.1 Å². The molecule has 0 bridgehead atoms. The van der Waals surface area contributed by atoms with Gasteiger partial charge in [0.05, 0.1) is 10.9 Å². The molecule has 1 amide bonds. The molecule has 5 nitrogen and oxygen atoms in total. The van der Waals surface area contributed by atoms with Crippen LogP contribution in [-0.2, 0) is 4.79 Å². The molecule has 138 valence electrons. The number of carbonyl (C=O) groups is 1. The third-order valence-electron chi connectivity index (χ3n) is 4.90. The van der Waals surface area contributed by atoms with Gasteiger partial charge in [0.1, 0.15) is 5.82 Å². The van der Waals surface area contributed by atoms with E-state index in [4.69, 9.17) is 16.1 Å². The van der Waals surface area contributed by atoms with Crippen LogP contribution < -0.4 is 4.90 Å². The van der Waals surface area contributed by atoms with Gasteiger partial charge in [-0.05, 0) is 55.3 Å². The average Bonchev–Trinajstić information content (AvgIpc) is 3.27. The number of nitrogens with zero attached hydrogens (tertiary/aromatic N) is 3. The Labute approximate surface area is 160 Å². The third kappa shape index (κ3) is 3.32. The van der Waals surface area contributed by atoms with Gasteiger partial charge in [0.25, 0.3) is 0 Å². The Kier molecular flexibility index (Phi) is 4.44. The molecule has 1 aliphatic rings. The Bertz CT molecular complexity index is 1030. The first-order chi connectivity index (χ1) is 12.9. The summed E-state index contributed by atoms with van der Waals surface area (Å²) in [6.45, 7) is 4.53. The molecule has 27 heavy (non-hydrogen) atoms. The van der Waals surface area contributed by atoms with Crippen LogP contribution in [0.25, 0.3) is 11.4 Å². The summed E-state index contributed by atoms with van der Waals surface area (Å²) in [6, 6.07) is 10.3. The molecular formula is C20H17ClFN3O2. The number of rotatable bonds is 3. The van der Waals surface area contributed by atoms with Crippen molar-refractivity contribution >= 4 is 23.2 Å². The molecule has 1 atom stereocenters. The maximum Gasteiger partial charge on any atom is 0.232 e. The van der Waals surface area contributed by atoms with Crippen molar-refractivity contribution in [3.63, 3.8) is 0 Å². The molecule has 1 fully saturated rings. The van der Waals surface area contributed by atoms with Crippen molar-refractivity contribution in [2.24, 2.45) is 0 Å². The Morgan fingerprint density at radius 2 is 2.00 bits per heavy atom. The van der Waals surface area contributed by atoms with Crippen molar-refractivity contribution in [3.8, 4) is 11.4 Å². The highest BCUT2D eigenvalue weighted by Gasteiger charge is 2.35. The van der Waals surface area contributed by atoms with Crippen LogP contribution in [0.2, 0.25) is 5.02 Å². The summed E-state index contributed by atoms with van der Waals surface area (Å²) in [5.41, 5.74) is 3.65. The van der Waals surface area contributed by atoms with E-state index < -0.39 is 5.82 Å². The molecule has 1 unspecified atom stereocenters. The highest BCUT2D eigenvalue weighted by Crippen LogP contribution is 2.33. The lowest BCUT2D eigenvalue weighted by molar-refractivity contribution is -0.117. The highest BCUT2D eigenvalue weighted by atomic mass is 35.5. The molecule has 1 aliphatic heterocycles. The second-order valence-corrected chi connectivity index (χ2v) is 7.17.